The highest BCUT2D eigenvalue weighted by Crippen LogP contribution is 2.10. The summed E-state index contributed by atoms with van der Waals surface area (Å²) in [5, 5.41) is 4.62. The van der Waals surface area contributed by atoms with Gasteiger partial charge in [0.1, 0.15) is 5.01 Å². The predicted molar refractivity (Wildman–Crippen MR) is 73.3 cm³/mol. The highest BCUT2D eigenvalue weighted by Gasteiger charge is 1.97. The van der Waals surface area contributed by atoms with Crippen molar-refractivity contribution in [3.8, 4) is 0 Å². The standard InChI is InChI=1S/C14H18N2S/c1-12-10-16-14(17-12)11-15-9-5-8-13-6-3-2-4-7-13/h2-4,6-7,10,15H,5,8-9,11H2,1H3. The van der Waals surface area contributed by atoms with Gasteiger partial charge in [-0.25, -0.2) is 4.98 Å². The number of benzene rings is 1. The second-order valence-electron chi connectivity index (χ2n) is 4.13. The Bertz CT molecular complexity index is 436. The van der Waals surface area contributed by atoms with Crippen molar-refractivity contribution in [2.45, 2.75) is 26.3 Å². The molecule has 0 aliphatic heterocycles. The molecule has 0 atom stereocenters. The third-order valence-corrected chi connectivity index (χ3v) is 3.52. The summed E-state index contributed by atoms with van der Waals surface area (Å²) in [6.45, 7) is 4.04. The minimum Gasteiger partial charge on any atom is -0.310 e. The second-order valence-corrected chi connectivity index (χ2v) is 5.45. The van der Waals surface area contributed by atoms with Crippen LogP contribution in [-0.4, -0.2) is 11.5 Å². The Morgan fingerprint density at radius 1 is 1.24 bits per heavy atom. The van der Waals surface area contributed by atoms with Crippen LogP contribution in [0.15, 0.2) is 36.5 Å². The number of rotatable bonds is 6. The van der Waals surface area contributed by atoms with Gasteiger partial charge in [0.15, 0.2) is 0 Å². The van der Waals surface area contributed by atoms with Gasteiger partial charge >= 0.3 is 0 Å². The quantitative estimate of drug-likeness (QED) is 0.792. The molecule has 2 nitrogen and oxygen atoms in total. The zero-order chi connectivity index (χ0) is 11.9. The number of nitrogens with zero attached hydrogens (tertiary/aromatic N) is 1. The molecule has 1 N–H and O–H groups in total. The lowest BCUT2D eigenvalue weighted by Crippen LogP contribution is -2.15. The number of nitrogens with one attached hydrogen (secondary N) is 1. The van der Waals surface area contributed by atoms with Gasteiger partial charge in [-0.3, -0.25) is 0 Å². The third kappa shape index (κ3) is 4.29. The van der Waals surface area contributed by atoms with Crippen molar-refractivity contribution in [3.63, 3.8) is 0 Å². The van der Waals surface area contributed by atoms with Crippen LogP contribution in [0.3, 0.4) is 0 Å². The lowest BCUT2D eigenvalue weighted by Gasteiger charge is -2.02. The van der Waals surface area contributed by atoms with E-state index in [9.17, 15) is 0 Å². The van der Waals surface area contributed by atoms with Crippen LogP contribution in [-0.2, 0) is 13.0 Å². The average Bonchev–Trinajstić information content (AvgIpc) is 2.76. The van der Waals surface area contributed by atoms with E-state index in [1.54, 1.807) is 11.3 Å². The van der Waals surface area contributed by atoms with Gasteiger partial charge in [0.05, 0.1) is 0 Å². The van der Waals surface area contributed by atoms with Crippen LogP contribution in [0.25, 0.3) is 0 Å². The molecule has 3 heteroatoms. The summed E-state index contributed by atoms with van der Waals surface area (Å²) in [5.41, 5.74) is 1.42. The van der Waals surface area contributed by atoms with E-state index in [0.29, 0.717) is 0 Å². The van der Waals surface area contributed by atoms with Crippen molar-refractivity contribution in [2.24, 2.45) is 0 Å². The molecule has 2 aromatic rings. The maximum atomic E-state index is 4.33. The first-order valence-corrected chi connectivity index (χ1v) is 6.82. The zero-order valence-electron chi connectivity index (χ0n) is 10.1. The van der Waals surface area contributed by atoms with Crippen LogP contribution >= 0.6 is 11.3 Å². The minimum atomic E-state index is 0.896. The number of hydrogen-bond donors (Lipinski definition) is 1. The summed E-state index contributed by atoms with van der Waals surface area (Å²) in [7, 11) is 0. The second kappa shape index (κ2) is 6.52. The van der Waals surface area contributed by atoms with Gasteiger partial charge in [-0.2, -0.15) is 0 Å². The fourth-order valence-corrected chi connectivity index (χ4v) is 2.50. The highest BCUT2D eigenvalue weighted by atomic mass is 32.1. The van der Waals surface area contributed by atoms with Crippen LogP contribution in [0.5, 0.6) is 0 Å². The van der Waals surface area contributed by atoms with Gasteiger partial charge < -0.3 is 5.32 Å². The summed E-state index contributed by atoms with van der Waals surface area (Å²) < 4.78 is 0. The maximum Gasteiger partial charge on any atom is 0.107 e. The fraction of sp³-hybridized carbons (Fsp3) is 0.357. The topological polar surface area (TPSA) is 24.9 Å². The lowest BCUT2D eigenvalue weighted by atomic mass is 10.1. The van der Waals surface area contributed by atoms with Crippen molar-refractivity contribution < 1.29 is 0 Å². The Hall–Kier alpha value is -1.19. The molecule has 0 unspecified atom stereocenters. The van der Waals surface area contributed by atoms with Crippen molar-refractivity contribution in [3.05, 3.63) is 52.0 Å². The first kappa shape index (κ1) is 12.3. The van der Waals surface area contributed by atoms with E-state index in [0.717, 1.165) is 19.5 Å². The summed E-state index contributed by atoms with van der Waals surface area (Å²) in [6, 6.07) is 10.6. The molecule has 0 aliphatic carbocycles. The predicted octanol–water partition coefficient (Wildman–Crippen LogP) is 3.17. The molecule has 17 heavy (non-hydrogen) atoms. The molecule has 0 radical (unpaired) electrons. The Labute approximate surface area is 107 Å². The van der Waals surface area contributed by atoms with Crippen molar-refractivity contribution >= 4 is 11.3 Å². The van der Waals surface area contributed by atoms with E-state index in [4.69, 9.17) is 0 Å². The molecule has 1 aromatic heterocycles. The van der Waals surface area contributed by atoms with E-state index < -0.39 is 0 Å². The van der Waals surface area contributed by atoms with E-state index in [-0.39, 0.29) is 0 Å². The number of thiazole rings is 1. The van der Waals surface area contributed by atoms with Gasteiger partial charge in [-0.05, 0) is 31.9 Å². The molecule has 2 rings (SSSR count). The molecular weight excluding hydrogens is 228 g/mol. The first-order chi connectivity index (χ1) is 8.34. The van der Waals surface area contributed by atoms with Crippen LogP contribution in [0.4, 0.5) is 0 Å². The number of hydrogen-bond acceptors (Lipinski definition) is 3. The maximum absolute atomic E-state index is 4.33. The summed E-state index contributed by atoms with van der Waals surface area (Å²) in [5.74, 6) is 0. The first-order valence-electron chi connectivity index (χ1n) is 6.00. The van der Waals surface area contributed by atoms with Crippen LogP contribution in [0.1, 0.15) is 21.9 Å². The molecular formula is C14H18N2S. The van der Waals surface area contributed by atoms with Crippen molar-refractivity contribution in [1.29, 1.82) is 0 Å². The van der Waals surface area contributed by atoms with E-state index in [1.807, 2.05) is 6.20 Å². The molecule has 0 amide bonds. The summed E-state index contributed by atoms with van der Waals surface area (Å²) in [6.07, 6.45) is 4.25. The van der Waals surface area contributed by atoms with Crippen LogP contribution in [0.2, 0.25) is 0 Å². The molecule has 0 spiro atoms. The van der Waals surface area contributed by atoms with Gasteiger partial charge in [-0.1, -0.05) is 30.3 Å². The molecule has 0 fully saturated rings. The molecule has 1 aromatic carbocycles. The molecule has 0 aliphatic rings. The molecule has 90 valence electrons. The Morgan fingerprint density at radius 3 is 2.76 bits per heavy atom. The highest BCUT2D eigenvalue weighted by molar-refractivity contribution is 7.11. The molecule has 0 saturated heterocycles. The number of aromatic nitrogens is 1. The van der Waals surface area contributed by atoms with Crippen molar-refractivity contribution in [2.75, 3.05) is 6.54 Å². The fourth-order valence-electron chi connectivity index (χ4n) is 1.74. The Balaban J connectivity index is 1.61. The zero-order valence-corrected chi connectivity index (χ0v) is 11.0. The van der Waals surface area contributed by atoms with Crippen LogP contribution in [0, 0.1) is 6.92 Å². The Kier molecular flexibility index (Phi) is 4.71. The lowest BCUT2D eigenvalue weighted by molar-refractivity contribution is 0.647. The van der Waals surface area contributed by atoms with Gasteiger partial charge in [0, 0.05) is 17.6 Å². The summed E-state index contributed by atoms with van der Waals surface area (Å²) >= 11 is 1.77. The van der Waals surface area contributed by atoms with Crippen molar-refractivity contribution in [1.82, 2.24) is 10.3 Å². The molecule has 0 saturated carbocycles. The SMILES string of the molecule is Cc1cnc(CNCCCc2ccccc2)s1. The van der Waals surface area contributed by atoms with Gasteiger partial charge in [0.2, 0.25) is 0 Å². The van der Waals surface area contributed by atoms with Gasteiger partial charge in [-0.15, -0.1) is 11.3 Å². The average molecular weight is 246 g/mol. The normalized spacial score (nSPS) is 10.6. The van der Waals surface area contributed by atoms with E-state index >= 15 is 0 Å². The van der Waals surface area contributed by atoms with Crippen LogP contribution < -0.4 is 5.32 Å². The summed E-state index contributed by atoms with van der Waals surface area (Å²) in [4.78, 5) is 5.61. The molecule has 0 bridgehead atoms. The largest absolute Gasteiger partial charge is 0.310 e. The third-order valence-electron chi connectivity index (χ3n) is 2.61. The van der Waals surface area contributed by atoms with E-state index in [1.165, 1.54) is 21.9 Å². The minimum absolute atomic E-state index is 0.896. The van der Waals surface area contributed by atoms with E-state index in [2.05, 4.69) is 47.6 Å². The Morgan fingerprint density at radius 2 is 2.06 bits per heavy atom. The smallest absolute Gasteiger partial charge is 0.107 e. The monoisotopic (exact) mass is 246 g/mol. The number of aryl methyl sites for hydroxylation is 2. The molecule has 1 heterocycles. The van der Waals surface area contributed by atoms with Gasteiger partial charge in [0.25, 0.3) is 0 Å².